The molecule has 0 radical (unpaired) electrons. The molecule has 0 aliphatic carbocycles. The summed E-state index contributed by atoms with van der Waals surface area (Å²) in [5.41, 5.74) is 1.39. The highest BCUT2D eigenvalue weighted by molar-refractivity contribution is 5.93. The van der Waals surface area contributed by atoms with E-state index in [4.69, 9.17) is 5.11 Å². The summed E-state index contributed by atoms with van der Waals surface area (Å²) >= 11 is 0. The lowest BCUT2D eigenvalue weighted by Gasteiger charge is -2.26. The maximum absolute atomic E-state index is 11.1. The SMILES string of the molecule is O=C(O)c1cnn2c1NCCC2c1ccccc1. The van der Waals surface area contributed by atoms with Gasteiger partial charge in [-0.3, -0.25) is 0 Å². The van der Waals surface area contributed by atoms with Crippen LogP contribution >= 0.6 is 0 Å². The van der Waals surface area contributed by atoms with Gasteiger partial charge < -0.3 is 10.4 Å². The monoisotopic (exact) mass is 243 g/mol. The van der Waals surface area contributed by atoms with Crippen molar-refractivity contribution in [3.63, 3.8) is 0 Å². The zero-order valence-corrected chi connectivity index (χ0v) is 9.71. The van der Waals surface area contributed by atoms with Crippen LogP contribution in [0.2, 0.25) is 0 Å². The van der Waals surface area contributed by atoms with Crippen molar-refractivity contribution in [2.75, 3.05) is 11.9 Å². The third kappa shape index (κ3) is 1.64. The van der Waals surface area contributed by atoms with Crippen LogP contribution in [0, 0.1) is 0 Å². The number of anilines is 1. The van der Waals surface area contributed by atoms with E-state index in [0.29, 0.717) is 5.82 Å². The molecule has 0 saturated heterocycles. The molecule has 1 aromatic carbocycles. The number of hydrogen-bond donors (Lipinski definition) is 2. The maximum atomic E-state index is 11.1. The van der Waals surface area contributed by atoms with Crippen molar-refractivity contribution in [3.8, 4) is 0 Å². The summed E-state index contributed by atoms with van der Waals surface area (Å²) in [6.07, 6.45) is 2.31. The molecule has 1 aliphatic heterocycles. The number of fused-ring (bicyclic) bond motifs is 1. The summed E-state index contributed by atoms with van der Waals surface area (Å²) < 4.78 is 1.77. The second-order valence-corrected chi connectivity index (χ2v) is 4.30. The Bertz CT molecular complexity index is 577. The zero-order chi connectivity index (χ0) is 12.5. The molecule has 1 atom stereocenters. The molecule has 0 spiro atoms. The highest BCUT2D eigenvalue weighted by atomic mass is 16.4. The first-order valence-electron chi connectivity index (χ1n) is 5.87. The van der Waals surface area contributed by atoms with E-state index >= 15 is 0 Å². The van der Waals surface area contributed by atoms with Gasteiger partial charge in [0.05, 0.1) is 12.2 Å². The lowest BCUT2D eigenvalue weighted by molar-refractivity contribution is 0.0697. The topological polar surface area (TPSA) is 67.1 Å². The number of carbonyl (C=O) groups is 1. The fourth-order valence-electron chi connectivity index (χ4n) is 2.36. The van der Waals surface area contributed by atoms with Gasteiger partial charge in [0.1, 0.15) is 11.4 Å². The Morgan fingerprint density at radius 2 is 2.17 bits per heavy atom. The molecule has 1 aliphatic rings. The van der Waals surface area contributed by atoms with E-state index in [1.807, 2.05) is 30.3 Å². The first-order valence-corrected chi connectivity index (χ1v) is 5.87. The van der Waals surface area contributed by atoms with E-state index in [9.17, 15) is 4.79 Å². The second-order valence-electron chi connectivity index (χ2n) is 4.30. The van der Waals surface area contributed by atoms with Crippen molar-refractivity contribution >= 4 is 11.8 Å². The predicted molar refractivity (Wildman–Crippen MR) is 66.9 cm³/mol. The number of aromatic carboxylic acids is 1. The molecule has 92 valence electrons. The molecule has 0 amide bonds. The first-order chi connectivity index (χ1) is 8.77. The Hall–Kier alpha value is -2.30. The number of benzene rings is 1. The summed E-state index contributed by atoms with van der Waals surface area (Å²) in [5, 5.41) is 16.4. The Morgan fingerprint density at radius 3 is 2.89 bits per heavy atom. The lowest BCUT2D eigenvalue weighted by atomic mass is 10.0. The molecule has 2 N–H and O–H groups in total. The maximum Gasteiger partial charge on any atom is 0.341 e. The van der Waals surface area contributed by atoms with Gasteiger partial charge in [-0.05, 0) is 12.0 Å². The lowest BCUT2D eigenvalue weighted by Crippen LogP contribution is -2.25. The van der Waals surface area contributed by atoms with E-state index in [1.165, 1.54) is 6.20 Å². The fourth-order valence-corrected chi connectivity index (χ4v) is 2.36. The van der Waals surface area contributed by atoms with Crippen LogP contribution in [0.4, 0.5) is 5.82 Å². The summed E-state index contributed by atoms with van der Waals surface area (Å²) in [6.45, 7) is 0.755. The highest BCUT2D eigenvalue weighted by Gasteiger charge is 2.26. The summed E-state index contributed by atoms with van der Waals surface area (Å²) in [5.74, 6) is -0.347. The van der Waals surface area contributed by atoms with E-state index < -0.39 is 5.97 Å². The summed E-state index contributed by atoms with van der Waals surface area (Å²) in [4.78, 5) is 11.1. The minimum Gasteiger partial charge on any atom is -0.477 e. The van der Waals surface area contributed by atoms with E-state index in [1.54, 1.807) is 4.68 Å². The Balaban J connectivity index is 2.06. The average Bonchev–Trinajstić information content (AvgIpc) is 2.83. The minimum absolute atomic E-state index is 0.107. The average molecular weight is 243 g/mol. The number of aromatic nitrogens is 2. The van der Waals surface area contributed by atoms with Crippen LogP contribution in [0.25, 0.3) is 0 Å². The number of nitrogens with zero attached hydrogens (tertiary/aromatic N) is 2. The molecule has 3 rings (SSSR count). The standard InChI is InChI=1S/C13H13N3O2/c17-13(18)10-8-15-16-11(6-7-14-12(10)16)9-4-2-1-3-5-9/h1-5,8,11,14H,6-7H2,(H,17,18). The van der Waals surface area contributed by atoms with Gasteiger partial charge in [-0.25, -0.2) is 9.48 Å². The quantitative estimate of drug-likeness (QED) is 0.846. The summed E-state index contributed by atoms with van der Waals surface area (Å²) in [7, 11) is 0. The minimum atomic E-state index is -0.947. The Labute approximate surface area is 104 Å². The van der Waals surface area contributed by atoms with Crippen LogP contribution < -0.4 is 5.32 Å². The number of carboxylic acid groups (broad SMARTS) is 1. The summed E-state index contributed by atoms with van der Waals surface area (Å²) in [6, 6.07) is 10.1. The van der Waals surface area contributed by atoms with Gasteiger partial charge in [0, 0.05) is 6.54 Å². The molecule has 0 saturated carbocycles. The molecule has 0 fully saturated rings. The highest BCUT2D eigenvalue weighted by Crippen LogP contribution is 2.30. The van der Waals surface area contributed by atoms with E-state index in [2.05, 4.69) is 10.4 Å². The molecule has 1 unspecified atom stereocenters. The van der Waals surface area contributed by atoms with Crippen molar-refractivity contribution < 1.29 is 9.90 Å². The van der Waals surface area contributed by atoms with Gasteiger partial charge >= 0.3 is 5.97 Å². The smallest absolute Gasteiger partial charge is 0.341 e. The van der Waals surface area contributed by atoms with Crippen LogP contribution in [0.15, 0.2) is 36.5 Å². The number of hydrogen-bond acceptors (Lipinski definition) is 3. The normalized spacial score (nSPS) is 17.9. The van der Waals surface area contributed by atoms with E-state index in [-0.39, 0.29) is 11.6 Å². The first kappa shape index (κ1) is 10.8. The van der Waals surface area contributed by atoms with Crippen LogP contribution in [-0.2, 0) is 0 Å². The van der Waals surface area contributed by atoms with E-state index in [0.717, 1.165) is 18.5 Å². The van der Waals surface area contributed by atoms with Gasteiger partial charge in [-0.1, -0.05) is 30.3 Å². The largest absolute Gasteiger partial charge is 0.477 e. The molecule has 18 heavy (non-hydrogen) atoms. The fraction of sp³-hybridized carbons (Fsp3) is 0.231. The van der Waals surface area contributed by atoms with Crippen molar-refractivity contribution in [1.82, 2.24) is 9.78 Å². The molecule has 2 aromatic rings. The number of carboxylic acids is 1. The third-order valence-electron chi connectivity index (χ3n) is 3.22. The number of nitrogens with one attached hydrogen (secondary N) is 1. The molecular weight excluding hydrogens is 230 g/mol. The Kier molecular flexibility index (Phi) is 2.51. The molecule has 2 heterocycles. The van der Waals surface area contributed by atoms with Gasteiger partial charge in [0.25, 0.3) is 0 Å². The van der Waals surface area contributed by atoms with Gasteiger partial charge in [0.2, 0.25) is 0 Å². The van der Waals surface area contributed by atoms with Crippen molar-refractivity contribution in [2.24, 2.45) is 0 Å². The van der Waals surface area contributed by atoms with Crippen LogP contribution in [0.5, 0.6) is 0 Å². The van der Waals surface area contributed by atoms with Gasteiger partial charge in [-0.2, -0.15) is 5.10 Å². The predicted octanol–water partition coefficient (Wildman–Crippen LogP) is 1.99. The van der Waals surface area contributed by atoms with Crippen LogP contribution in [0.3, 0.4) is 0 Å². The van der Waals surface area contributed by atoms with Crippen molar-refractivity contribution in [3.05, 3.63) is 47.7 Å². The van der Waals surface area contributed by atoms with Crippen molar-refractivity contribution in [1.29, 1.82) is 0 Å². The van der Waals surface area contributed by atoms with Crippen LogP contribution in [-0.4, -0.2) is 27.4 Å². The van der Waals surface area contributed by atoms with Crippen LogP contribution in [0.1, 0.15) is 28.4 Å². The molecule has 5 heteroatoms. The molecule has 1 aromatic heterocycles. The second kappa shape index (κ2) is 4.18. The Morgan fingerprint density at radius 1 is 1.39 bits per heavy atom. The third-order valence-corrected chi connectivity index (χ3v) is 3.22. The van der Waals surface area contributed by atoms with Gasteiger partial charge in [-0.15, -0.1) is 0 Å². The zero-order valence-electron chi connectivity index (χ0n) is 9.71. The van der Waals surface area contributed by atoms with Crippen molar-refractivity contribution in [2.45, 2.75) is 12.5 Å². The molecule has 5 nitrogen and oxygen atoms in total. The molecular formula is C13H13N3O2. The molecule has 0 bridgehead atoms. The van der Waals surface area contributed by atoms with Gasteiger partial charge in [0.15, 0.2) is 0 Å². The number of rotatable bonds is 2.